The van der Waals surface area contributed by atoms with Crippen molar-refractivity contribution < 1.29 is 23.1 Å². The van der Waals surface area contributed by atoms with Gasteiger partial charge in [-0.3, -0.25) is 0 Å². The van der Waals surface area contributed by atoms with Crippen molar-refractivity contribution in [2.75, 3.05) is 26.2 Å². The molecule has 8 aromatic rings. The Morgan fingerprint density at radius 2 is 0.467 bits per heavy atom. The van der Waals surface area contributed by atoms with Crippen LogP contribution in [0.4, 0.5) is 4.79 Å². The van der Waals surface area contributed by atoms with Gasteiger partial charge in [0.25, 0.3) is 0 Å². The van der Waals surface area contributed by atoms with E-state index in [0.717, 1.165) is 0 Å². The van der Waals surface area contributed by atoms with Gasteiger partial charge >= 0.3 is 6.03 Å². The molecule has 2 amide bonds. The van der Waals surface area contributed by atoms with Crippen LogP contribution < -0.4 is 18.3 Å². The van der Waals surface area contributed by atoms with Crippen molar-refractivity contribution in [1.29, 1.82) is 0 Å². The molecule has 0 atom stereocenters. The molecule has 0 saturated carbocycles. The van der Waals surface area contributed by atoms with E-state index in [1.54, 1.807) is 0 Å². The molecule has 4 aromatic heterocycles. The van der Waals surface area contributed by atoms with E-state index in [1.165, 1.54) is 44.5 Å². The molecule has 0 radical (unpaired) electrons. The Morgan fingerprint density at radius 1 is 0.283 bits per heavy atom. The van der Waals surface area contributed by atoms with Crippen LogP contribution in [0.2, 0.25) is 0 Å². The molecule has 0 spiro atoms. The average molecular weight is 789 g/mol. The van der Waals surface area contributed by atoms with E-state index in [9.17, 15) is 4.79 Å². The maximum absolute atomic E-state index is 14.9. The number of benzene rings is 4. The summed E-state index contributed by atoms with van der Waals surface area (Å²) in [6, 6.07) is 59.0. The standard InChI is InChI=1S/C53H52N6O/c60-53(58(41-37-54-29-21-49(22-30-54)45-13-5-1-6-14-45)42-38-55-31-23-50(24-32-55)46-15-7-2-8-16-46)59(43-39-56-33-25-51(26-34-56)47-17-9-3-10-18-47)44-40-57-35-27-52(28-36-57)48-19-11-4-12-20-48/h1-36H,37-44H2/q+4. The first-order valence-corrected chi connectivity index (χ1v) is 20.9. The van der Waals surface area contributed by atoms with Gasteiger partial charge in [-0.25, -0.2) is 23.1 Å². The molecule has 0 N–H and O–H groups in total. The predicted molar refractivity (Wildman–Crippen MR) is 237 cm³/mol. The minimum absolute atomic E-state index is 0.0426. The lowest BCUT2D eigenvalue weighted by Crippen LogP contribution is -2.54. The third-order valence-corrected chi connectivity index (χ3v) is 11.0. The number of pyridine rings is 4. The molecule has 8 rings (SSSR count). The van der Waals surface area contributed by atoms with Gasteiger partial charge in [-0.15, -0.1) is 0 Å². The fourth-order valence-electron chi connectivity index (χ4n) is 7.47. The molecule has 7 nitrogen and oxygen atoms in total. The van der Waals surface area contributed by atoms with Crippen molar-refractivity contribution >= 4 is 6.03 Å². The fraction of sp³-hybridized carbons (Fsp3) is 0.151. The molecule has 0 aliphatic carbocycles. The summed E-state index contributed by atoms with van der Waals surface area (Å²) >= 11 is 0. The summed E-state index contributed by atoms with van der Waals surface area (Å²) in [6.45, 7) is 5.01. The smallest absolute Gasteiger partial charge is 0.312 e. The summed E-state index contributed by atoms with van der Waals surface area (Å²) in [6.07, 6.45) is 16.9. The van der Waals surface area contributed by atoms with Gasteiger partial charge in [0.05, 0.1) is 26.2 Å². The fourth-order valence-corrected chi connectivity index (χ4v) is 7.47. The molecular formula is C53H52N6O+4. The minimum atomic E-state index is 0.0426. The van der Waals surface area contributed by atoms with Gasteiger partial charge in [-0.1, -0.05) is 121 Å². The lowest BCUT2D eigenvalue weighted by atomic mass is 10.1. The summed E-state index contributed by atoms with van der Waals surface area (Å²) in [5.41, 5.74) is 9.44. The van der Waals surface area contributed by atoms with Gasteiger partial charge in [-0.05, 0) is 44.5 Å². The second-order valence-electron chi connectivity index (χ2n) is 15.0. The number of nitrogens with zero attached hydrogens (tertiary/aromatic N) is 6. The van der Waals surface area contributed by atoms with Crippen LogP contribution in [-0.2, 0) is 26.2 Å². The highest BCUT2D eigenvalue weighted by Crippen LogP contribution is 2.19. The molecule has 60 heavy (non-hydrogen) atoms. The van der Waals surface area contributed by atoms with Gasteiger partial charge < -0.3 is 9.80 Å². The largest absolute Gasteiger partial charge is 0.320 e. The van der Waals surface area contributed by atoms with Crippen LogP contribution in [0.15, 0.2) is 219 Å². The highest BCUT2D eigenvalue weighted by molar-refractivity contribution is 5.74. The maximum Gasteiger partial charge on any atom is 0.320 e. The van der Waals surface area contributed by atoms with E-state index in [1.807, 2.05) is 34.1 Å². The third-order valence-electron chi connectivity index (χ3n) is 11.0. The number of hydrogen-bond acceptors (Lipinski definition) is 1. The first-order valence-electron chi connectivity index (χ1n) is 20.9. The number of hydrogen-bond donors (Lipinski definition) is 0. The topological polar surface area (TPSA) is 39.1 Å². The predicted octanol–water partition coefficient (Wildman–Crippen LogP) is 8.33. The van der Waals surface area contributed by atoms with Gasteiger partial charge in [0.15, 0.2) is 75.8 Å². The lowest BCUT2D eigenvalue weighted by molar-refractivity contribution is -0.701. The molecule has 0 aliphatic heterocycles. The van der Waals surface area contributed by atoms with Crippen LogP contribution in [-0.4, -0.2) is 42.0 Å². The zero-order valence-electron chi connectivity index (χ0n) is 34.0. The Kier molecular flexibility index (Phi) is 13.2. The van der Waals surface area contributed by atoms with Crippen molar-refractivity contribution in [1.82, 2.24) is 9.80 Å². The van der Waals surface area contributed by atoms with E-state index >= 15 is 0 Å². The molecule has 0 fully saturated rings. The Hall–Kier alpha value is -7.25. The number of carbonyl (C=O) groups is 1. The zero-order valence-corrected chi connectivity index (χ0v) is 34.0. The second-order valence-corrected chi connectivity index (χ2v) is 15.0. The highest BCUT2D eigenvalue weighted by Gasteiger charge is 2.25. The molecule has 296 valence electrons. The summed E-state index contributed by atoms with van der Waals surface area (Å²) in [5, 5.41) is 0. The first kappa shape index (κ1) is 39.6. The summed E-state index contributed by atoms with van der Waals surface area (Å²) in [5.74, 6) is 0. The SMILES string of the molecule is O=C(N(CC[n+]1ccc(-c2ccccc2)cc1)CC[n+]1ccc(-c2ccccc2)cc1)N(CC[n+]1ccc(-c2ccccc2)cc1)CC[n+]1ccc(-c2ccccc2)cc1. The van der Waals surface area contributed by atoms with E-state index in [2.05, 4.69) is 213 Å². The Bertz CT molecular complexity index is 2160. The molecule has 0 saturated heterocycles. The number of urea groups is 1. The Labute approximate surface area is 354 Å². The zero-order chi connectivity index (χ0) is 40.8. The van der Waals surface area contributed by atoms with Crippen LogP contribution >= 0.6 is 0 Å². The number of carbonyl (C=O) groups excluding carboxylic acids is 1. The quantitative estimate of drug-likeness (QED) is 0.0909. The van der Waals surface area contributed by atoms with Gasteiger partial charge in [0, 0.05) is 48.5 Å². The number of amides is 2. The normalized spacial score (nSPS) is 10.9. The van der Waals surface area contributed by atoms with Gasteiger partial charge in [0.1, 0.15) is 0 Å². The van der Waals surface area contributed by atoms with Crippen molar-refractivity contribution in [2.45, 2.75) is 26.2 Å². The molecule has 0 unspecified atom stereocenters. The Morgan fingerprint density at radius 3 is 0.667 bits per heavy atom. The third kappa shape index (κ3) is 10.6. The summed E-state index contributed by atoms with van der Waals surface area (Å²) in [4.78, 5) is 19.0. The average Bonchev–Trinajstić information content (AvgIpc) is 3.33. The van der Waals surface area contributed by atoms with Crippen LogP contribution in [0.3, 0.4) is 0 Å². The van der Waals surface area contributed by atoms with Crippen LogP contribution in [0.1, 0.15) is 0 Å². The lowest BCUT2D eigenvalue weighted by Gasteiger charge is -2.28. The van der Waals surface area contributed by atoms with Crippen molar-refractivity contribution in [3.63, 3.8) is 0 Å². The van der Waals surface area contributed by atoms with Crippen LogP contribution in [0, 0.1) is 0 Å². The van der Waals surface area contributed by atoms with Crippen molar-refractivity contribution in [2.24, 2.45) is 0 Å². The van der Waals surface area contributed by atoms with E-state index in [-0.39, 0.29) is 6.03 Å². The second kappa shape index (κ2) is 19.9. The van der Waals surface area contributed by atoms with Crippen LogP contribution in [0.5, 0.6) is 0 Å². The molecule has 7 heteroatoms. The Balaban J connectivity index is 1.01. The van der Waals surface area contributed by atoms with Gasteiger partial charge in [0.2, 0.25) is 0 Å². The first-order chi connectivity index (χ1) is 29.6. The monoisotopic (exact) mass is 788 g/mol. The van der Waals surface area contributed by atoms with Crippen molar-refractivity contribution in [3.8, 4) is 44.5 Å². The summed E-state index contributed by atoms with van der Waals surface area (Å²) < 4.78 is 8.70. The van der Waals surface area contributed by atoms with E-state index in [0.29, 0.717) is 52.4 Å². The molecule has 0 aliphatic rings. The number of rotatable bonds is 16. The molecule has 4 heterocycles. The highest BCUT2D eigenvalue weighted by atomic mass is 16.2. The molecule has 0 bridgehead atoms. The minimum Gasteiger partial charge on any atom is -0.312 e. The van der Waals surface area contributed by atoms with E-state index in [4.69, 9.17) is 0 Å². The van der Waals surface area contributed by atoms with Gasteiger partial charge in [-0.2, -0.15) is 0 Å². The summed E-state index contributed by atoms with van der Waals surface area (Å²) in [7, 11) is 0. The van der Waals surface area contributed by atoms with Crippen LogP contribution in [0.25, 0.3) is 44.5 Å². The molecule has 4 aromatic carbocycles. The van der Waals surface area contributed by atoms with E-state index < -0.39 is 0 Å². The molecular weight excluding hydrogens is 737 g/mol. The van der Waals surface area contributed by atoms with Crippen molar-refractivity contribution in [3.05, 3.63) is 219 Å². The maximum atomic E-state index is 14.9. The number of aromatic nitrogens is 4.